The fraction of sp³-hybridized carbons (Fsp3) is 0.133. The summed E-state index contributed by atoms with van der Waals surface area (Å²) >= 11 is 0. The monoisotopic (exact) mass is 269 g/mol. The van der Waals surface area contributed by atoms with Crippen LogP contribution in [0.25, 0.3) is 0 Å². The van der Waals surface area contributed by atoms with E-state index < -0.39 is 0 Å². The van der Waals surface area contributed by atoms with Crippen molar-refractivity contribution in [3.8, 4) is 0 Å². The molecule has 0 spiro atoms. The number of hydrogen-bond donors (Lipinski definition) is 2. The first kappa shape index (κ1) is 13.7. The predicted octanol–water partition coefficient (Wildman–Crippen LogP) is 3.24. The average Bonchev–Trinajstić information content (AvgIpc) is 2.38. The van der Waals surface area contributed by atoms with Crippen LogP contribution in [0.2, 0.25) is 0 Å². The number of nitrogens with one attached hydrogen (secondary N) is 2. The zero-order valence-electron chi connectivity index (χ0n) is 11.3. The van der Waals surface area contributed by atoms with Crippen molar-refractivity contribution in [2.75, 3.05) is 10.6 Å². The smallest absolute Gasteiger partial charge is 0.308 e. The molecule has 1 aromatic heterocycles. The van der Waals surface area contributed by atoms with E-state index in [0.29, 0.717) is 16.9 Å². The zero-order valence-corrected chi connectivity index (χ0v) is 11.3. The molecule has 0 aliphatic carbocycles. The van der Waals surface area contributed by atoms with Crippen LogP contribution < -0.4 is 10.6 Å². The van der Waals surface area contributed by atoms with Gasteiger partial charge in [0.15, 0.2) is 5.78 Å². The molecule has 0 bridgehead atoms. The lowest BCUT2D eigenvalue weighted by molar-refractivity contribution is 0.101. The highest BCUT2D eigenvalue weighted by atomic mass is 16.2. The second-order valence-corrected chi connectivity index (χ2v) is 4.47. The number of ketones is 1. The predicted molar refractivity (Wildman–Crippen MR) is 78.1 cm³/mol. The summed E-state index contributed by atoms with van der Waals surface area (Å²) in [4.78, 5) is 27.1. The Morgan fingerprint density at radius 1 is 1.05 bits per heavy atom. The number of carbonyl (C=O) groups excluding carboxylic acids is 2. The van der Waals surface area contributed by atoms with Gasteiger partial charge < -0.3 is 10.6 Å². The van der Waals surface area contributed by atoms with Gasteiger partial charge in [0.2, 0.25) is 0 Å². The number of carbonyl (C=O) groups is 2. The highest BCUT2D eigenvalue weighted by molar-refractivity contribution is 6.01. The van der Waals surface area contributed by atoms with Gasteiger partial charge in [-0.2, -0.15) is 0 Å². The molecular weight excluding hydrogens is 254 g/mol. The minimum absolute atomic E-state index is 0.0445. The van der Waals surface area contributed by atoms with E-state index in [0.717, 1.165) is 5.56 Å². The molecule has 20 heavy (non-hydrogen) atoms. The Balaban J connectivity index is 2.04. The molecular formula is C15H15N3O2. The Morgan fingerprint density at radius 3 is 2.50 bits per heavy atom. The maximum atomic E-state index is 11.8. The molecule has 1 aromatic carbocycles. The minimum atomic E-state index is -0.377. The van der Waals surface area contributed by atoms with E-state index in [-0.39, 0.29) is 11.8 Å². The molecule has 0 radical (unpaired) electrons. The number of Topliss-reactive ketones (excluding diaryl/α,β-unsaturated/α-hetero) is 1. The van der Waals surface area contributed by atoms with Crippen LogP contribution in [0.1, 0.15) is 22.8 Å². The number of nitrogens with zero attached hydrogens (tertiary/aromatic N) is 1. The van der Waals surface area contributed by atoms with E-state index >= 15 is 0 Å². The van der Waals surface area contributed by atoms with Gasteiger partial charge in [-0.1, -0.05) is 12.1 Å². The molecule has 5 nitrogen and oxygen atoms in total. The van der Waals surface area contributed by atoms with Crippen LogP contribution in [-0.2, 0) is 0 Å². The van der Waals surface area contributed by atoms with Crippen LogP contribution in [0.4, 0.5) is 16.2 Å². The summed E-state index contributed by atoms with van der Waals surface area (Å²) in [5, 5.41) is 5.36. The van der Waals surface area contributed by atoms with Crippen molar-refractivity contribution in [3.63, 3.8) is 0 Å². The summed E-state index contributed by atoms with van der Waals surface area (Å²) in [7, 11) is 0. The summed E-state index contributed by atoms with van der Waals surface area (Å²) < 4.78 is 0. The molecule has 1 heterocycles. The lowest BCUT2D eigenvalue weighted by Gasteiger charge is -2.08. The molecule has 0 unspecified atom stereocenters. The molecule has 0 fully saturated rings. The SMILES string of the molecule is CC(=O)c1cccc(NC(=O)Nc2cncc(C)c2)c1. The van der Waals surface area contributed by atoms with Crippen LogP contribution in [0.3, 0.4) is 0 Å². The minimum Gasteiger partial charge on any atom is -0.308 e. The first-order chi connectivity index (χ1) is 9.54. The van der Waals surface area contributed by atoms with E-state index in [1.165, 1.54) is 6.92 Å². The lowest BCUT2D eigenvalue weighted by Crippen LogP contribution is -2.19. The van der Waals surface area contributed by atoms with Crippen LogP contribution in [0.5, 0.6) is 0 Å². The Hall–Kier alpha value is -2.69. The fourth-order valence-electron chi connectivity index (χ4n) is 1.73. The highest BCUT2D eigenvalue weighted by Gasteiger charge is 2.05. The number of pyridine rings is 1. The third-order valence-corrected chi connectivity index (χ3v) is 2.66. The van der Waals surface area contributed by atoms with Crippen LogP contribution >= 0.6 is 0 Å². The molecule has 0 atom stereocenters. The normalized spacial score (nSPS) is 9.90. The topological polar surface area (TPSA) is 71.1 Å². The molecule has 5 heteroatoms. The van der Waals surface area contributed by atoms with E-state index in [9.17, 15) is 9.59 Å². The third kappa shape index (κ3) is 3.65. The van der Waals surface area contributed by atoms with Gasteiger partial charge in [-0.05, 0) is 37.6 Å². The summed E-state index contributed by atoms with van der Waals surface area (Å²) in [6, 6.07) is 8.23. The van der Waals surface area contributed by atoms with Gasteiger partial charge >= 0.3 is 6.03 Å². The van der Waals surface area contributed by atoms with E-state index in [1.807, 2.05) is 13.0 Å². The molecule has 0 saturated carbocycles. The van der Waals surface area contributed by atoms with Gasteiger partial charge in [-0.3, -0.25) is 9.78 Å². The summed E-state index contributed by atoms with van der Waals surface area (Å²) in [6.07, 6.45) is 3.28. The van der Waals surface area contributed by atoms with E-state index in [1.54, 1.807) is 36.7 Å². The number of aryl methyl sites for hydroxylation is 1. The quantitative estimate of drug-likeness (QED) is 0.840. The highest BCUT2D eigenvalue weighted by Crippen LogP contribution is 2.12. The zero-order chi connectivity index (χ0) is 14.5. The van der Waals surface area contributed by atoms with Crippen molar-refractivity contribution in [2.45, 2.75) is 13.8 Å². The Labute approximate surface area is 117 Å². The standard InChI is InChI=1S/C15H15N3O2/c1-10-6-14(9-16-8-10)18-15(20)17-13-5-3-4-12(7-13)11(2)19/h3-9H,1-2H3,(H2,17,18,20). The van der Waals surface area contributed by atoms with Crippen LogP contribution in [0, 0.1) is 6.92 Å². The Morgan fingerprint density at radius 2 is 1.80 bits per heavy atom. The van der Waals surface area contributed by atoms with Crippen molar-refractivity contribution in [3.05, 3.63) is 53.9 Å². The molecule has 0 aliphatic rings. The van der Waals surface area contributed by atoms with Gasteiger partial charge in [-0.15, -0.1) is 0 Å². The second-order valence-electron chi connectivity index (χ2n) is 4.47. The number of amides is 2. The summed E-state index contributed by atoms with van der Waals surface area (Å²) in [5.74, 6) is -0.0445. The van der Waals surface area contributed by atoms with Crippen LogP contribution in [-0.4, -0.2) is 16.8 Å². The molecule has 0 saturated heterocycles. The first-order valence-corrected chi connectivity index (χ1v) is 6.15. The van der Waals surface area contributed by atoms with Crippen LogP contribution in [0.15, 0.2) is 42.7 Å². The lowest BCUT2D eigenvalue weighted by atomic mass is 10.1. The maximum Gasteiger partial charge on any atom is 0.323 e. The first-order valence-electron chi connectivity index (χ1n) is 6.15. The molecule has 2 rings (SSSR count). The van der Waals surface area contributed by atoms with E-state index in [2.05, 4.69) is 15.6 Å². The number of anilines is 2. The van der Waals surface area contributed by atoms with Crippen molar-refractivity contribution in [2.24, 2.45) is 0 Å². The molecule has 2 amide bonds. The van der Waals surface area contributed by atoms with Gasteiger partial charge in [0.25, 0.3) is 0 Å². The second kappa shape index (κ2) is 5.97. The van der Waals surface area contributed by atoms with Gasteiger partial charge in [0, 0.05) is 17.4 Å². The molecule has 0 aliphatic heterocycles. The van der Waals surface area contributed by atoms with Gasteiger partial charge in [0.05, 0.1) is 11.9 Å². The van der Waals surface area contributed by atoms with Crippen molar-refractivity contribution >= 4 is 23.2 Å². The molecule has 2 N–H and O–H groups in total. The summed E-state index contributed by atoms with van der Waals surface area (Å²) in [5.41, 5.74) is 2.70. The number of benzene rings is 1. The number of urea groups is 1. The number of aromatic nitrogens is 1. The van der Waals surface area contributed by atoms with Gasteiger partial charge in [0.1, 0.15) is 0 Å². The molecule has 2 aromatic rings. The molecule has 102 valence electrons. The van der Waals surface area contributed by atoms with Crippen molar-refractivity contribution < 1.29 is 9.59 Å². The number of hydrogen-bond acceptors (Lipinski definition) is 3. The third-order valence-electron chi connectivity index (χ3n) is 2.66. The fourth-order valence-corrected chi connectivity index (χ4v) is 1.73. The Kier molecular flexibility index (Phi) is 4.10. The summed E-state index contributed by atoms with van der Waals surface area (Å²) in [6.45, 7) is 3.38. The van der Waals surface area contributed by atoms with Crippen molar-refractivity contribution in [1.29, 1.82) is 0 Å². The average molecular weight is 269 g/mol. The Bertz CT molecular complexity index is 653. The largest absolute Gasteiger partial charge is 0.323 e. The van der Waals surface area contributed by atoms with Gasteiger partial charge in [-0.25, -0.2) is 4.79 Å². The van der Waals surface area contributed by atoms with Crippen molar-refractivity contribution in [1.82, 2.24) is 4.98 Å². The number of rotatable bonds is 3. The van der Waals surface area contributed by atoms with E-state index in [4.69, 9.17) is 0 Å². The maximum absolute atomic E-state index is 11.8.